The van der Waals surface area contributed by atoms with Gasteiger partial charge in [-0.3, -0.25) is 4.79 Å². The molecule has 4 nitrogen and oxygen atoms in total. The van der Waals surface area contributed by atoms with E-state index in [4.69, 9.17) is 17.3 Å². The molecule has 1 aliphatic heterocycles. The quantitative estimate of drug-likeness (QED) is 0.866. The lowest BCUT2D eigenvalue weighted by Gasteiger charge is -2.34. The fraction of sp³-hybridized carbons (Fsp3) is 0.467. The van der Waals surface area contributed by atoms with Crippen LogP contribution in [0.3, 0.4) is 0 Å². The Morgan fingerprint density at radius 3 is 2.71 bits per heavy atom. The number of nitrogens with zero attached hydrogens (tertiary/aromatic N) is 2. The molecule has 1 fully saturated rings. The molecule has 0 aromatic heterocycles. The van der Waals surface area contributed by atoms with Gasteiger partial charge in [0.15, 0.2) is 0 Å². The lowest BCUT2D eigenvalue weighted by Crippen LogP contribution is -2.44. The smallest absolute Gasteiger partial charge is 0.259 e. The number of hydrazone groups is 1. The first kappa shape index (κ1) is 14.5. The fourth-order valence-corrected chi connectivity index (χ4v) is 3.42. The molecular formula is C15H17ClFN3O. The molecule has 2 aliphatic rings. The standard InChI is InChI=1S/C15H17ClFN3O/c1-9-15(6-4-11(18)5-7-15)14(21)20(19-9)13-3-2-10(17)8-12(13)16/h2-3,8,11H,4-7,18H2,1H3. The predicted molar refractivity (Wildman–Crippen MR) is 80.9 cm³/mol. The number of carbonyl (C=O) groups is 1. The summed E-state index contributed by atoms with van der Waals surface area (Å²) < 4.78 is 13.2. The Hall–Kier alpha value is -1.46. The van der Waals surface area contributed by atoms with Crippen LogP contribution in [0, 0.1) is 11.2 Å². The van der Waals surface area contributed by atoms with Crippen molar-refractivity contribution in [2.75, 3.05) is 5.01 Å². The van der Waals surface area contributed by atoms with E-state index in [0.29, 0.717) is 18.5 Å². The van der Waals surface area contributed by atoms with Gasteiger partial charge in [0.05, 0.1) is 21.8 Å². The molecule has 1 spiro atoms. The Bertz CT molecular complexity index is 623. The second-order valence-electron chi connectivity index (χ2n) is 5.82. The van der Waals surface area contributed by atoms with Crippen molar-refractivity contribution in [3.8, 4) is 0 Å². The summed E-state index contributed by atoms with van der Waals surface area (Å²) >= 11 is 6.05. The molecule has 2 N–H and O–H groups in total. The number of amides is 1. The van der Waals surface area contributed by atoms with Gasteiger partial charge in [0.2, 0.25) is 0 Å². The van der Waals surface area contributed by atoms with Gasteiger partial charge in [-0.1, -0.05) is 11.6 Å². The van der Waals surface area contributed by atoms with Crippen molar-refractivity contribution in [3.63, 3.8) is 0 Å². The molecule has 0 unspecified atom stereocenters. The minimum absolute atomic E-state index is 0.0830. The molecule has 0 bridgehead atoms. The SMILES string of the molecule is CC1=NN(c2ccc(F)cc2Cl)C(=O)C12CCC(N)CC2. The van der Waals surface area contributed by atoms with Crippen molar-refractivity contribution in [3.05, 3.63) is 29.0 Å². The first-order chi connectivity index (χ1) is 9.94. The third-order valence-electron chi connectivity index (χ3n) is 4.57. The van der Waals surface area contributed by atoms with Crippen LogP contribution in [0.25, 0.3) is 0 Å². The van der Waals surface area contributed by atoms with Crippen LogP contribution in [0.5, 0.6) is 0 Å². The van der Waals surface area contributed by atoms with E-state index in [0.717, 1.165) is 18.6 Å². The number of anilines is 1. The maximum Gasteiger partial charge on any atom is 0.259 e. The van der Waals surface area contributed by atoms with Crippen LogP contribution >= 0.6 is 11.6 Å². The summed E-state index contributed by atoms with van der Waals surface area (Å²) in [6.45, 7) is 1.87. The Morgan fingerprint density at radius 1 is 1.43 bits per heavy atom. The van der Waals surface area contributed by atoms with Crippen molar-refractivity contribution in [2.24, 2.45) is 16.3 Å². The largest absolute Gasteiger partial charge is 0.328 e. The molecule has 1 amide bonds. The van der Waals surface area contributed by atoms with Crippen LogP contribution < -0.4 is 10.7 Å². The molecule has 1 heterocycles. The number of benzene rings is 1. The molecule has 1 aromatic rings. The van der Waals surface area contributed by atoms with Gasteiger partial charge in [0, 0.05) is 6.04 Å². The van der Waals surface area contributed by atoms with E-state index in [-0.39, 0.29) is 17.0 Å². The average Bonchev–Trinajstić information content (AvgIpc) is 2.67. The second kappa shape index (κ2) is 5.07. The highest BCUT2D eigenvalue weighted by Crippen LogP contribution is 2.44. The third-order valence-corrected chi connectivity index (χ3v) is 4.87. The van der Waals surface area contributed by atoms with E-state index < -0.39 is 11.2 Å². The second-order valence-corrected chi connectivity index (χ2v) is 6.22. The molecule has 1 saturated carbocycles. The Morgan fingerprint density at radius 2 is 2.10 bits per heavy atom. The molecule has 0 radical (unpaired) electrons. The molecule has 1 aromatic carbocycles. The molecule has 3 rings (SSSR count). The van der Waals surface area contributed by atoms with E-state index in [1.165, 1.54) is 23.2 Å². The highest BCUT2D eigenvalue weighted by atomic mass is 35.5. The fourth-order valence-electron chi connectivity index (χ4n) is 3.17. The number of rotatable bonds is 1. The highest BCUT2D eigenvalue weighted by Gasteiger charge is 2.50. The van der Waals surface area contributed by atoms with Crippen molar-refractivity contribution in [1.29, 1.82) is 0 Å². The van der Waals surface area contributed by atoms with Crippen molar-refractivity contribution < 1.29 is 9.18 Å². The van der Waals surface area contributed by atoms with Gasteiger partial charge >= 0.3 is 0 Å². The molecule has 0 atom stereocenters. The predicted octanol–water partition coefficient (Wildman–Crippen LogP) is 3.09. The number of halogens is 2. The molecule has 112 valence electrons. The summed E-state index contributed by atoms with van der Waals surface area (Å²) in [4.78, 5) is 12.9. The van der Waals surface area contributed by atoms with Crippen molar-refractivity contribution >= 4 is 28.9 Å². The topological polar surface area (TPSA) is 58.7 Å². The number of hydrogen-bond acceptors (Lipinski definition) is 3. The van der Waals surface area contributed by atoms with E-state index in [1.807, 2.05) is 6.92 Å². The molecule has 6 heteroatoms. The van der Waals surface area contributed by atoms with Gasteiger partial charge in [-0.2, -0.15) is 10.1 Å². The van der Waals surface area contributed by atoms with E-state index in [1.54, 1.807) is 0 Å². The van der Waals surface area contributed by atoms with E-state index in [2.05, 4.69) is 5.10 Å². The van der Waals surface area contributed by atoms with Gasteiger partial charge < -0.3 is 5.73 Å². The minimum atomic E-state index is -0.562. The number of hydrogen-bond donors (Lipinski definition) is 1. The summed E-state index contributed by atoms with van der Waals surface area (Å²) in [5.41, 5.74) is 6.59. The molecule has 1 aliphatic carbocycles. The van der Waals surface area contributed by atoms with Crippen LogP contribution in [0.1, 0.15) is 32.6 Å². The van der Waals surface area contributed by atoms with Crippen LogP contribution in [-0.4, -0.2) is 17.7 Å². The third kappa shape index (κ3) is 2.24. The summed E-state index contributed by atoms with van der Waals surface area (Å²) in [7, 11) is 0. The van der Waals surface area contributed by atoms with Gasteiger partial charge in [0.1, 0.15) is 5.82 Å². The van der Waals surface area contributed by atoms with Crippen molar-refractivity contribution in [2.45, 2.75) is 38.6 Å². The highest BCUT2D eigenvalue weighted by molar-refractivity contribution is 6.34. The van der Waals surface area contributed by atoms with Gasteiger partial charge in [-0.05, 0) is 50.8 Å². The van der Waals surface area contributed by atoms with Crippen LogP contribution in [0.2, 0.25) is 5.02 Å². The zero-order chi connectivity index (χ0) is 15.2. The first-order valence-corrected chi connectivity index (χ1v) is 7.43. The normalized spacial score (nSPS) is 29.1. The summed E-state index contributed by atoms with van der Waals surface area (Å²) in [6, 6.07) is 4.11. The monoisotopic (exact) mass is 309 g/mol. The zero-order valence-corrected chi connectivity index (χ0v) is 12.5. The van der Waals surface area contributed by atoms with E-state index >= 15 is 0 Å². The molecule has 21 heavy (non-hydrogen) atoms. The molecule has 0 saturated heterocycles. The van der Waals surface area contributed by atoms with Crippen LogP contribution in [0.4, 0.5) is 10.1 Å². The molecular weight excluding hydrogens is 293 g/mol. The number of nitrogens with two attached hydrogens (primary N) is 1. The summed E-state index contributed by atoms with van der Waals surface area (Å²) in [5.74, 6) is -0.519. The van der Waals surface area contributed by atoms with Crippen LogP contribution in [0.15, 0.2) is 23.3 Å². The van der Waals surface area contributed by atoms with Gasteiger partial charge in [0.25, 0.3) is 5.91 Å². The average molecular weight is 310 g/mol. The first-order valence-electron chi connectivity index (χ1n) is 7.05. The maximum atomic E-state index is 13.2. The lowest BCUT2D eigenvalue weighted by atomic mass is 9.69. The Kier molecular flexibility index (Phi) is 3.50. The van der Waals surface area contributed by atoms with Crippen molar-refractivity contribution in [1.82, 2.24) is 0 Å². The summed E-state index contributed by atoms with van der Waals surface area (Å²) in [5, 5.41) is 5.88. The Labute approximate surface area is 127 Å². The Balaban J connectivity index is 1.95. The van der Waals surface area contributed by atoms with Gasteiger partial charge in [-0.15, -0.1) is 0 Å². The lowest BCUT2D eigenvalue weighted by molar-refractivity contribution is -0.125. The minimum Gasteiger partial charge on any atom is -0.328 e. The van der Waals surface area contributed by atoms with Crippen LogP contribution in [-0.2, 0) is 4.79 Å². The van der Waals surface area contributed by atoms with E-state index in [9.17, 15) is 9.18 Å². The maximum absolute atomic E-state index is 13.2. The van der Waals surface area contributed by atoms with Gasteiger partial charge in [-0.25, -0.2) is 4.39 Å². The summed E-state index contributed by atoms with van der Waals surface area (Å²) in [6.07, 6.45) is 3.03. The zero-order valence-electron chi connectivity index (χ0n) is 11.8. The number of carbonyl (C=O) groups excluding carboxylic acids is 1.